The van der Waals surface area contributed by atoms with E-state index in [2.05, 4.69) is 15.5 Å². The number of benzene rings is 1. The largest absolute Gasteiger partial charge is 0.484 e. The summed E-state index contributed by atoms with van der Waals surface area (Å²) >= 11 is 6.72. The minimum Gasteiger partial charge on any atom is -0.484 e. The lowest BCUT2D eigenvalue weighted by Gasteiger charge is -2.09. The third-order valence-electron chi connectivity index (χ3n) is 3.30. The minimum atomic E-state index is -0.574. The number of hydrogen-bond acceptors (Lipinski definition) is 6. The molecular formula is C16H15N5O3S2. The number of anilines is 1. The summed E-state index contributed by atoms with van der Waals surface area (Å²) in [6, 6.07) is 10.5. The van der Waals surface area contributed by atoms with Gasteiger partial charge in [-0.25, -0.2) is 0 Å². The van der Waals surface area contributed by atoms with Crippen molar-refractivity contribution < 1.29 is 14.3 Å². The zero-order valence-electron chi connectivity index (χ0n) is 13.5. The van der Waals surface area contributed by atoms with Crippen LogP contribution in [0.25, 0.3) is 10.7 Å². The first-order chi connectivity index (χ1) is 12.5. The van der Waals surface area contributed by atoms with E-state index in [-0.39, 0.29) is 19.1 Å². The number of carbonyl (C=O) groups excluding carboxylic acids is 2. The van der Waals surface area contributed by atoms with E-state index in [1.165, 1.54) is 11.3 Å². The standard InChI is InChI=1S/C16H15N5O3S2/c17-13(22)9-24-11-4-1-3-10(7-11)18-14(23)8-21-15(19-20-16(21)25)12-5-2-6-26-12/h1-7H,8-9H2,(H2,17,22)(H,18,23)(H,20,25). The molecule has 10 heteroatoms. The summed E-state index contributed by atoms with van der Waals surface area (Å²) in [5.74, 6) is 0.196. The Hall–Kier alpha value is -2.98. The third kappa shape index (κ3) is 4.35. The van der Waals surface area contributed by atoms with Crippen LogP contribution in [0.15, 0.2) is 41.8 Å². The fourth-order valence-corrected chi connectivity index (χ4v) is 3.14. The number of aromatic amines is 1. The SMILES string of the molecule is NC(=O)COc1cccc(NC(=O)Cn2c(-c3cccs3)n[nH]c2=S)c1. The molecule has 134 valence electrons. The van der Waals surface area contributed by atoms with Crippen molar-refractivity contribution in [3.63, 3.8) is 0 Å². The number of hydrogen-bond donors (Lipinski definition) is 3. The van der Waals surface area contributed by atoms with E-state index in [1.807, 2.05) is 17.5 Å². The molecule has 0 aliphatic carbocycles. The minimum absolute atomic E-state index is 0.00887. The van der Waals surface area contributed by atoms with E-state index in [9.17, 15) is 9.59 Å². The Kier molecular flexibility index (Phi) is 5.44. The molecule has 4 N–H and O–H groups in total. The maximum absolute atomic E-state index is 12.4. The van der Waals surface area contributed by atoms with Crippen LogP contribution in [0.3, 0.4) is 0 Å². The van der Waals surface area contributed by atoms with Crippen molar-refractivity contribution in [2.75, 3.05) is 11.9 Å². The molecule has 2 heterocycles. The Morgan fingerprint density at radius 2 is 2.19 bits per heavy atom. The fourth-order valence-electron chi connectivity index (χ4n) is 2.22. The monoisotopic (exact) mass is 389 g/mol. The predicted octanol–water partition coefficient (Wildman–Crippen LogP) is 2.17. The molecule has 2 amide bonds. The van der Waals surface area contributed by atoms with Gasteiger partial charge in [-0.15, -0.1) is 11.3 Å². The molecule has 0 aliphatic rings. The first-order valence-electron chi connectivity index (χ1n) is 7.53. The Labute approximate surface area is 157 Å². The number of nitrogens with one attached hydrogen (secondary N) is 2. The van der Waals surface area contributed by atoms with Crippen molar-refractivity contribution in [2.45, 2.75) is 6.54 Å². The summed E-state index contributed by atoms with van der Waals surface area (Å²) in [6.07, 6.45) is 0. The number of primary amides is 1. The second-order valence-electron chi connectivity index (χ2n) is 5.25. The van der Waals surface area contributed by atoms with E-state index >= 15 is 0 Å². The highest BCUT2D eigenvalue weighted by Gasteiger charge is 2.13. The Morgan fingerprint density at radius 3 is 2.92 bits per heavy atom. The molecule has 2 aromatic heterocycles. The molecule has 0 aliphatic heterocycles. The number of carbonyl (C=O) groups is 2. The van der Waals surface area contributed by atoms with Gasteiger partial charge < -0.3 is 15.8 Å². The van der Waals surface area contributed by atoms with E-state index in [0.29, 0.717) is 22.0 Å². The maximum atomic E-state index is 12.4. The average Bonchev–Trinajstić information content (AvgIpc) is 3.24. The third-order valence-corrected chi connectivity index (χ3v) is 4.48. The summed E-state index contributed by atoms with van der Waals surface area (Å²) in [5.41, 5.74) is 5.58. The number of nitrogens with two attached hydrogens (primary N) is 1. The normalized spacial score (nSPS) is 10.5. The van der Waals surface area contributed by atoms with Gasteiger partial charge in [0.2, 0.25) is 5.91 Å². The van der Waals surface area contributed by atoms with E-state index < -0.39 is 5.91 Å². The average molecular weight is 389 g/mol. The molecule has 0 radical (unpaired) electrons. The number of thiophene rings is 1. The van der Waals surface area contributed by atoms with Crippen LogP contribution in [0.1, 0.15) is 0 Å². The summed E-state index contributed by atoms with van der Waals surface area (Å²) in [7, 11) is 0. The first-order valence-corrected chi connectivity index (χ1v) is 8.82. The summed E-state index contributed by atoms with van der Waals surface area (Å²) in [4.78, 5) is 24.1. The quantitative estimate of drug-likeness (QED) is 0.536. The molecule has 8 nitrogen and oxygen atoms in total. The van der Waals surface area contributed by atoms with Crippen molar-refractivity contribution >= 4 is 41.1 Å². The second kappa shape index (κ2) is 7.93. The number of ether oxygens (including phenoxy) is 1. The highest BCUT2D eigenvalue weighted by atomic mass is 32.1. The van der Waals surface area contributed by atoms with Crippen LogP contribution >= 0.6 is 23.6 Å². The molecule has 0 unspecified atom stereocenters. The molecule has 26 heavy (non-hydrogen) atoms. The molecule has 0 atom stereocenters. The molecule has 0 bridgehead atoms. The summed E-state index contributed by atoms with van der Waals surface area (Å²) < 4.78 is 7.21. The number of amides is 2. The second-order valence-corrected chi connectivity index (χ2v) is 6.58. The molecule has 0 fully saturated rings. The lowest BCUT2D eigenvalue weighted by atomic mass is 10.3. The summed E-state index contributed by atoms with van der Waals surface area (Å²) in [6.45, 7) is -0.222. The molecule has 0 saturated carbocycles. The topological polar surface area (TPSA) is 115 Å². The van der Waals surface area contributed by atoms with Crippen LogP contribution < -0.4 is 15.8 Å². The summed E-state index contributed by atoms with van der Waals surface area (Å²) in [5, 5.41) is 11.6. The van der Waals surface area contributed by atoms with Gasteiger partial charge in [0.05, 0.1) is 4.88 Å². The van der Waals surface area contributed by atoms with Gasteiger partial charge in [-0.2, -0.15) is 5.10 Å². The van der Waals surface area contributed by atoms with Crippen molar-refractivity contribution in [1.82, 2.24) is 14.8 Å². The van der Waals surface area contributed by atoms with Gasteiger partial charge in [0.1, 0.15) is 12.3 Å². The first kappa shape index (κ1) is 17.8. The molecule has 3 aromatic rings. The highest BCUT2D eigenvalue weighted by molar-refractivity contribution is 7.71. The van der Waals surface area contributed by atoms with Crippen LogP contribution in [-0.2, 0) is 16.1 Å². The van der Waals surface area contributed by atoms with Gasteiger partial charge >= 0.3 is 0 Å². The van der Waals surface area contributed by atoms with E-state index in [4.69, 9.17) is 22.7 Å². The number of H-pyrrole nitrogens is 1. The molecule has 3 rings (SSSR count). The van der Waals surface area contributed by atoms with Gasteiger partial charge in [0.25, 0.3) is 5.91 Å². The zero-order valence-corrected chi connectivity index (χ0v) is 15.1. The Bertz CT molecular complexity index is 978. The molecule has 1 aromatic carbocycles. The van der Waals surface area contributed by atoms with Crippen LogP contribution in [0.2, 0.25) is 0 Å². The van der Waals surface area contributed by atoms with Gasteiger partial charge in [-0.05, 0) is 35.8 Å². The maximum Gasteiger partial charge on any atom is 0.255 e. The van der Waals surface area contributed by atoms with Crippen molar-refractivity contribution in [2.24, 2.45) is 5.73 Å². The zero-order chi connectivity index (χ0) is 18.5. The molecule has 0 spiro atoms. The predicted molar refractivity (Wildman–Crippen MR) is 100 cm³/mol. The number of rotatable bonds is 7. The van der Waals surface area contributed by atoms with E-state index in [0.717, 1.165) is 4.88 Å². The van der Waals surface area contributed by atoms with Crippen LogP contribution in [0.5, 0.6) is 5.75 Å². The van der Waals surface area contributed by atoms with Gasteiger partial charge in [-0.1, -0.05) is 12.1 Å². The van der Waals surface area contributed by atoms with Crippen LogP contribution in [-0.4, -0.2) is 33.2 Å². The Morgan fingerprint density at radius 1 is 1.35 bits per heavy atom. The van der Waals surface area contributed by atoms with Gasteiger partial charge in [-0.3, -0.25) is 19.3 Å². The van der Waals surface area contributed by atoms with Crippen molar-refractivity contribution in [3.8, 4) is 16.5 Å². The lowest BCUT2D eigenvalue weighted by Crippen LogP contribution is -2.20. The number of nitrogens with zero attached hydrogens (tertiary/aromatic N) is 2. The fraction of sp³-hybridized carbons (Fsp3) is 0.125. The lowest BCUT2D eigenvalue weighted by molar-refractivity contribution is -0.120. The van der Waals surface area contributed by atoms with Crippen molar-refractivity contribution in [3.05, 3.63) is 46.5 Å². The van der Waals surface area contributed by atoms with E-state index in [1.54, 1.807) is 28.8 Å². The molecule has 0 saturated heterocycles. The molecular weight excluding hydrogens is 374 g/mol. The van der Waals surface area contributed by atoms with Crippen molar-refractivity contribution in [1.29, 1.82) is 0 Å². The Balaban J connectivity index is 1.70. The van der Waals surface area contributed by atoms with Gasteiger partial charge in [0, 0.05) is 11.8 Å². The van der Waals surface area contributed by atoms with Gasteiger partial charge in [0.15, 0.2) is 17.2 Å². The smallest absolute Gasteiger partial charge is 0.255 e. The van der Waals surface area contributed by atoms with Crippen LogP contribution in [0, 0.1) is 4.77 Å². The number of aromatic nitrogens is 3. The van der Waals surface area contributed by atoms with Crippen LogP contribution in [0.4, 0.5) is 5.69 Å². The highest BCUT2D eigenvalue weighted by Crippen LogP contribution is 2.23.